The number of rotatable bonds is 2. The molecule has 1 heterocycles. The van der Waals surface area contributed by atoms with Gasteiger partial charge in [0.1, 0.15) is 5.72 Å². The minimum Gasteiger partial charge on any atom is -0.358 e. The van der Waals surface area contributed by atoms with E-state index >= 15 is 0 Å². The average molecular weight is 154 g/mol. The van der Waals surface area contributed by atoms with Gasteiger partial charge in [0.05, 0.1) is 0 Å². The molecule has 1 rings (SSSR count). The molecule has 1 unspecified atom stereocenters. The maximum atomic E-state index is 8.76. The molecular formula is C8H14N2O. The minimum atomic E-state index is -0.283. The van der Waals surface area contributed by atoms with Crippen LogP contribution in [0.3, 0.4) is 0 Å². The van der Waals surface area contributed by atoms with Gasteiger partial charge < -0.3 is 4.74 Å². The molecular weight excluding hydrogens is 140 g/mol. The highest BCUT2D eigenvalue weighted by Gasteiger charge is 2.38. The topological polar surface area (TPSA) is 36.3 Å². The fraction of sp³-hybridized carbons (Fsp3) is 0.875. The van der Waals surface area contributed by atoms with E-state index in [1.54, 1.807) is 12.0 Å². The maximum absolute atomic E-state index is 8.76. The second kappa shape index (κ2) is 3.10. The van der Waals surface area contributed by atoms with Gasteiger partial charge in [0.2, 0.25) is 0 Å². The molecule has 3 heteroatoms. The third kappa shape index (κ3) is 1.19. The van der Waals surface area contributed by atoms with Gasteiger partial charge in [-0.15, -0.1) is 0 Å². The molecule has 0 amide bonds. The summed E-state index contributed by atoms with van der Waals surface area (Å²) in [6, 6.07) is 0. The van der Waals surface area contributed by atoms with Gasteiger partial charge in [0.25, 0.3) is 0 Å². The Morgan fingerprint density at radius 3 is 2.82 bits per heavy atom. The van der Waals surface area contributed by atoms with E-state index in [4.69, 9.17) is 10.00 Å². The van der Waals surface area contributed by atoms with Gasteiger partial charge in [-0.2, -0.15) is 5.26 Å². The Labute approximate surface area is 67.6 Å². The second-order valence-electron chi connectivity index (χ2n) is 2.86. The van der Waals surface area contributed by atoms with Crippen molar-refractivity contribution in [3.8, 4) is 6.19 Å². The van der Waals surface area contributed by atoms with Crippen molar-refractivity contribution in [3.63, 3.8) is 0 Å². The van der Waals surface area contributed by atoms with E-state index in [2.05, 4.69) is 13.1 Å². The van der Waals surface area contributed by atoms with Crippen LogP contribution < -0.4 is 0 Å². The van der Waals surface area contributed by atoms with Crippen LogP contribution in [-0.4, -0.2) is 24.3 Å². The number of nitriles is 1. The van der Waals surface area contributed by atoms with Crippen LogP contribution in [-0.2, 0) is 4.74 Å². The molecule has 1 atom stereocenters. The lowest BCUT2D eigenvalue weighted by Gasteiger charge is -2.32. The fourth-order valence-corrected chi connectivity index (χ4v) is 1.72. The van der Waals surface area contributed by atoms with Crippen molar-refractivity contribution >= 4 is 0 Å². The Morgan fingerprint density at radius 1 is 1.73 bits per heavy atom. The summed E-state index contributed by atoms with van der Waals surface area (Å²) >= 11 is 0. The summed E-state index contributed by atoms with van der Waals surface area (Å²) < 4.78 is 5.35. The summed E-state index contributed by atoms with van der Waals surface area (Å²) in [6.07, 6.45) is 5.10. The zero-order chi connectivity index (χ0) is 8.32. The van der Waals surface area contributed by atoms with E-state index in [1.165, 1.54) is 0 Å². The predicted octanol–water partition coefficient (Wildman–Crippen LogP) is 1.32. The Hall–Kier alpha value is -0.750. The molecule has 0 aromatic carbocycles. The fourth-order valence-electron chi connectivity index (χ4n) is 1.72. The number of hydrogen-bond acceptors (Lipinski definition) is 3. The summed E-state index contributed by atoms with van der Waals surface area (Å²) in [6.45, 7) is 2.90. The Bertz CT molecular complexity index is 169. The number of ether oxygens (including phenoxy) is 1. The molecule has 0 aromatic heterocycles. The highest BCUT2D eigenvalue weighted by Crippen LogP contribution is 2.31. The SMILES string of the molecule is CCC1(OC)CCCN1C#N. The molecule has 3 nitrogen and oxygen atoms in total. The highest BCUT2D eigenvalue weighted by molar-refractivity contribution is 4.93. The molecule has 0 saturated carbocycles. The number of likely N-dealkylation sites (tertiary alicyclic amines) is 1. The average Bonchev–Trinajstić information content (AvgIpc) is 2.47. The summed E-state index contributed by atoms with van der Waals surface area (Å²) in [5.74, 6) is 0. The molecule has 0 spiro atoms. The van der Waals surface area contributed by atoms with E-state index in [0.29, 0.717) is 0 Å². The quantitative estimate of drug-likeness (QED) is 0.563. The summed E-state index contributed by atoms with van der Waals surface area (Å²) in [5, 5.41) is 8.76. The van der Waals surface area contributed by atoms with E-state index in [0.717, 1.165) is 25.8 Å². The van der Waals surface area contributed by atoms with Crippen LogP contribution in [0.25, 0.3) is 0 Å². The first-order valence-electron chi connectivity index (χ1n) is 4.01. The van der Waals surface area contributed by atoms with Crippen molar-refractivity contribution in [2.75, 3.05) is 13.7 Å². The molecule has 0 aromatic rings. The molecule has 62 valence electrons. The van der Waals surface area contributed by atoms with Crippen molar-refractivity contribution in [2.45, 2.75) is 31.9 Å². The van der Waals surface area contributed by atoms with Crippen LogP contribution >= 0.6 is 0 Å². The summed E-state index contributed by atoms with van der Waals surface area (Å²) in [4.78, 5) is 1.74. The minimum absolute atomic E-state index is 0.283. The Morgan fingerprint density at radius 2 is 2.45 bits per heavy atom. The van der Waals surface area contributed by atoms with Crippen LogP contribution in [0.15, 0.2) is 0 Å². The monoisotopic (exact) mass is 154 g/mol. The third-order valence-corrected chi connectivity index (χ3v) is 2.49. The highest BCUT2D eigenvalue weighted by atomic mass is 16.5. The molecule has 1 saturated heterocycles. The van der Waals surface area contributed by atoms with Crippen LogP contribution in [0.4, 0.5) is 0 Å². The van der Waals surface area contributed by atoms with Crippen LogP contribution in [0.2, 0.25) is 0 Å². The molecule has 0 aliphatic carbocycles. The molecule has 1 fully saturated rings. The van der Waals surface area contributed by atoms with E-state index in [-0.39, 0.29) is 5.72 Å². The van der Waals surface area contributed by atoms with Gasteiger partial charge in [-0.25, -0.2) is 0 Å². The van der Waals surface area contributed by atoms with Gasteiger partial charge in [-0.3, -0.25) is 4.90 Å². The molecule has 0 radical (unpaired) electrons. The molecule has 1 aliphatic heterocycles. The van der Waals surface area contributed by atoms with Crippen LogP contribution in [0.1, 0.15) is 26.2 Å². The molecule has 0 bridgehead atoms. The zero-order valence-corrected chi connectivity index (χ0v) is 7.13. The number of methoxy groups -OCH3 is 1. The van der Waals surface area contributed by atoms with Crippen LogP contribution in [0, 0.1) is 11.5 Å². The zero-order valence-electron chi connectivity index (χ0n) is 7.13. The lowest BCUT2D eigenvalue weighted by Crippen LogP contribution is -2.41. The first-order valence-corrected chi connectivity index (χ1v) is 4.01. The van der Waals surface area contributed by atoms with Gasteiger partial charge in [-0.1, -0.05) is 6.92 Å². The van der Waals surface area contributed by atoms with Crippen molar-refractivity contribution in [1.29, 1.82) is 5.26 Å². The first kappa shape index (κ1) is 8.35. The molecule has 0 N–H and O–H groups in total. The Kier molecular flexibility index (Phi) is 2.35. The van der Waals surface area contributed by atoms with Crippen molar-refractivity contribution in [3.05, 3.63) is 0 Å². The van der Waals surface area contributed by atoms with Crippen molar-refractivity contribution < 1.29 is 4.74 Å². The lowest BCUT2D eigenvalue weighted by atomic mass is 10.1. The standard InChI is InChI=1S/C8H14N2O/c1-3-8(11-2)5-4-6-10(8)7-9/h3-6H2,1-2H3. The van der Waals surface area contributed by atoms with Crippen molar-refractivity contribution in [2.24, 2.45) is 0 Å². The molecule has 1 aliphatic rings. The smallest absolute Gasteiger partial charge is 0.181 e. The first-order chi connectivity index (χ1) is 5.29. The van der Waals surface area contributed by atoms with Gasteiger partial charge in [-0.05, 0) is 19.3 Å². The summed E-state index contributed by atoms with van der Waals surface area (Å²) in [5.41, 5.74) is -0.283. The third-order valence-electron chi connectivity index (χ3n) is 2.49. The van der Waals surface area contributed by atoms with E-state index < -0.39 is 0 Å². The summed E-state index contributed by atoms with van der Waals surface area (Å²) in [7, 11) is 1.68. The lowest BCUT2D eigenvalue weighted by molar-refractivity contribution is -0.0892. The van der Waals surface area contributed by atoms with Gasteiger partial charge >= 0.3 is 0 Å². The van der Waals surface area contributed by atoms with Gasteiger partial charge in [0.15, 0.2) is 6.19 Å². The predicted molar refractivity (Wildman–Crippen MR) is 41.6 cm³/mol. The number of nitrogens with zero attached hydrogens (tertiary/aromatic N) is 2. The van der Waals surface area contributed by atoms with E-state index in [9.17, 15) is 0 Å². The van der Waals surface area contributed by atoms with Gasteiger partial charge in [0, 0.05) is 13.7 Å². The number of hydrogen-bond donors (Lipinski definition) is 0. The van der Waals surface area contributed by atoms with Crippen LogP contribution in [0.5, 0.6) is 0 Å². The van der Waals surface area contributed by atoms with E-state index in [1.807, 2.05) is 0 Å². The second-order valence-corrected chi connectivity index (χ2v) is 2.86. The largest absolute Gasteiger partial charge is 0.358 e. The maximum Gasteiger partial charge on any atom is 0.181 e. The Balaban J connectivity index is 2.73. The molecule has 11 heavy (non-hydrogen) atoms. The normalized spacial score (nSPS) is 30.5. The van der Waals surface area contributed by atoms with Crippen molar-refractivity contribution in [1.82, 2.24) is 4.90 Å².